The SMILES string of the molecule is CC(C)(C)OC(=O)N1CCC[C@@H](N[C@H]2[C@@H]3CCO[C@@H]3C2(C)C)CC1. The minimum Gasteiger partial charge on any atom is -0.444 e. The molecule has 1 amide bonds. The van der Waals surface area contributed by atoms with Crippen molar-refractivity contribution in [2.75, 3.05) is 19.7 Å². The van der Waals surface area contributed by atoms with Gasteiger partial charge in [0.2, 0.25) is 0 Å². The van der Waals surface area contributed by atoms with Crippen molar-refractivity contribution in [3.8, 4) is 0 Å². The van der Waals surface area contributed by atoms with Crippen molar-refractivity contribution in [1.29, 1.82) is 0 Å². The number of likely N-dealkylation sites (tertiary alicyclic amines) is 1. The van der Waals surface area contributed by atoms with Gasteiger partial charge >= 0.3 is 6.09 Å². The highest BCUT2D eigenvalue weighted by Gasteiger charge is 2.59. The van der Waals surface area contributed by atoms with Crippen LogP contribution >= 0.6 is 0 Å². The lowest BCUT2D eigenvalue weighted by Crippen LogP contribution is -2.67. The van der Waals surface area contributed by atoms with Crippen molar-refractivity contribution in [3.63, 3.8) is 0 Å². The summed E-state index contributed by atoms with van der Waals surface area (Å²) in [5, 5.41) is 3.91. The molecule has 5 heteroatoms. The Kier molecular flexibility index (Phi) is 4.86. The van der Waals surface area contributed by atoms with E-state index in [0.717, 1.165) is 39.0 Å². The summed E-state index contributed by atoms with van der Waals surface area (Å²) in [6.45, 7) is 12.9. The Bertz CT molecular complexity index is 472. The number of carbonyl (C=O) groups excluding carboxylic acids is 1. The number of hydrogen-bond donors (Lipinski definition) is 1. The maximum atomic E-state index is 12.3. The number of amides is 1. The molecule has 0 aromatic heterocycles. The summed E-state index contributed by atoms with van der Waals surface area (Å²) in [5.41, 5.74) is -0.202. The van der Waals surface area contributed by atoms with Crippen LogP contribution in [0.25, 0.3) is 0 Å². The molecule has 3 aliphatic rings. The van der Waals surface area contributed by atoms with E-state index in [9.17, 15) is 4.79 Å². The van der Waals surface area contributed by atoms with Crippen LogP contribution in [0.3, 0.4) is 0 Å². The molecular formula is C19H34N2O3. The zero-order valence-corrected chi connectivity index (χ0v) is 15.9. The zero-order valence-electron chi connectivity index (χ0n) is 15.9. The Morgan fingerprint density at radius 1 is 1.21 bits per heavy atom. The Balaban J connectivity index is 1.52. The Morgan fingerprint density at radius 3 is 2.67 bits per heavy atom. The second kappa shape index (κ2) is 6.49. The second-order valence-corrected chi connectivity index (χ2v) is 9.30. The zero-order chi connectivity index (χ0) is 17.5. The first kappa shape index (κ1) is 18.0. The van der Waals surface area contributed by atoms with Crippen LogP contribution in [0, 0.1) is 11.3 Å². The number of rotatable bonds is 2. The van der Waals surface area contributed by atoms with Gasteiger partial charge in [0.15, 0.2) is 0 Å². The molecule has 1 saturated carbocycles. The molecule has 2 aliphatic heterocycles. The van der Waals surface area contributed by atoms with Gasteiger partial charge in [-0.1, -0.05) is 13.8 Å². The van der Waals surface area contributed by atoms with Gasteiger partial charge < -0.3 is 19.7 Å². The van der Waals surface area contributed by atoms with Crippen molar-refractivity contribution < 1.29 is 14.3 Å². The van der Waals surface area contributed by atoms with Crippen molar-refractivity contribution in [1.82, 2.24) is 10.2 Å². The molecule has 1 aliphatic carbocycles. The minimum absolute atomic E-state index is 0.170. The fraction of sp³-hybridized carbons (Fsp3) is 0.947. The molecule has 3 fully saturated rings. The number of carbonyl (C=O) groups is 1. The molecule has 0 aromatic carbocycles. The fourth-order valence-electron chi connectivity index (χ4n) is 4.69. The molecule has 0 unspecified atom stereocenters. The van der Waals surface area contributed by atoms with Crippen LogP contribution in [0.5, 0.6) is 0 Å². The van der Waals surface area contributed by atoms with Gasteiger partial charge in [0.25, 0.3) is 0 Å². The normalized spacial score (nSPS) is 35.8. The van der Waals surface area contributed by atoms with Gasteiger partial charge in [0.05, 0.1) is 6.10 Å². The summed E-state index contributed by atoms with van der Waals surface area (Å²) < 4.78 is 11.4. The van der Waals surface area contributed by atoms with E-state index in [-0.39, 0.29) is 11.5 Å². The molecule has 1 N–H and O–H groups in total. The van der Waals surface area contributed by atoms with E-state index >= 15 is 0 Å². The summed E-state index contributed by atoms with van der Waals surface area (Å²) >= 11 is 0. The molecule has 3 rings (SSSR count). The van der Waals surface area contributed by atoms with Gasteiger partial charge in [0.1, 0.15) is 5.60 Å². The van der Waals surface area contributed by atoms with Gasteiger partial charge in [-0.15, -0.1) is 0 Å². The molecule has 0 radical (unpaired) electrons. The van der Waals surface area contributed by atoms with Crippen LogP contribution in [-0.4, -0.2) is 54.5 Å². The highest BCUT2D eigenvalue weighted by atomic mass is 16.6. The molecule has 24 heavy (non-hydrogen) atoms. The highest BCUT2D eigenvalue weighted by molar-refractivity contribution is 5.68. The van der Waals surface area contributed by atoms with Gasteiger partial charge in [0, 0.05) is 43.1 Å². The summed E-state index contributed by atoms with van der Waals surface area (Å²) in [7, 11) is 0. The number of hydrogen-bond acceptors (Lipinski definition) is 4. The predicted molar refractivity (Wildman–Crippen MR) is 94.0 cm³/mol. The van der Waals surface area contributed by atoms with E-state index in [4.69, 9.17) is 9.47 Å². The Morgan fingerprint density at radius 2 is 1.96 bits per heavy atom. The van der Waals surface area contributed by atoms with Gasteiger partial charge in [-0.2, -0.15) is 0 Å². The number of ether oxygens (including phenoxy) is 2. The monoisotopic (exact) mass is 338 g/mol. The molecule has 0 spiro atoms. The van der Waals surface area contributed by atoms with Crippen molar-refractivity contribution in [2.45, 2.75) is 84.1 Å². The second-order valence-electron chi connectivity index (χ2n) is 9.30. The van der Waals surface area contributed by atoms with Crippen LogP contribution in [0.4, 0.5) is 4.79 Å². The molecule has 4 atom stereocenters. The van der Waals surface area contributed by atoms with Gasteiger partial charge in [-0.3, -0.25) is 0 Å². The predicted octanol–water partition coefficient (Wildman–Crippen LogP) is 3.18. The van der Waals surface area contributed by atoms with Crippen molar-refractivity contribution >= 4 is 6.09 Å². The van der Waals surface area contributed by atoms with E-state index in [1.54, 1.807) is 0 Å². The summed E-state index contributed by atoms with van der Waals surface area (Å²) in [6.07, 6.45) is 4.61. The fourth-order valence-corrected chi connectivity index (χ4v) is 4.69. The van der Waals surface area contributed by atoms with E-state index in [1.807, 2.05) is 25.7 Å². The van der Waals surface area contributed by atoms with Crippen LogP contribution in [-0.2, 0) is 9.47 Å². The first-order valence-electron chi connectivity index (χ1n) is 9.54. The molecule has 2 heterocycles. The minimum atomic E-state index is -0.422. The van der Waals surface area contributed by atoms with Crippen LogP contribution in [0.15, 0.2) is 0 Å². The molecule has 2 saturated heterocycles. The third kappa shape index (κ3) is 3.57. The average molecular weight is 338 g/mol. The van der Waals surface area contributed by atoms with Crippen molar-refractivity contribution in [2.24, 2.45) is 11.3 Å². The largest absolute Gasteiger partial charge is 0.444 e. The summed E-state index contributed by atoms with van der Waals surface area (Å²) in [5.74, 6) is 0.671. The third-order valence-corrected chi connectivity index (χ3v) is 5.90. The lowest BCUT2D eigenvalue weighted by atomic mass is 9.57. The Labute approximate surface area is 146 Å². The van der Waals surface area contributed by atoms with Gasteiger partial charge in [-0.25, -0.2) is 4.79 Å². The lowest BCUT2D eigenvalue weighted by molar-refractivity contribution is -0.115. The number of nitrogens with zero attached hydrogens (tertiary/aromatic N) is 1. The molecule has 138 valence electrons. The molecular weight excluding hydrogens is 304 g/mol. The smallest absolute Gasteiger partial charge is 0.410 e. The summed E-state index contributed by atoms with van der Waals surface area (Å²) in [4.78, 5) is 14.2. The highest BCUT2D eigenvalue weighted by Crippen LogP contribution is 2.52. The Hall–Kier alpha value is -0.810. The first-order chi connectivity index (χ1) is 11.2. The van der Waals surface area contributed by atoms with E-state index in [0.29, 0.717) is 24.1 Å². The number of nitrogens with one attached hydrogen (secondary N) is 1. The van der Waals surface area contributed by atoms with E-state index in [2.05, 4.69) is 19.2 Å². The van der Waals surface area contributed by atoms with Crippen LogP contribution in [0.1, 0.15) is 60.3 Å². The van der Waals surface area contributed by atoms with Crippen molar-refractivity contribution in [3.05, 3.63) is 0 Å². The standard InChI is InChI=1S/C19H34N2O3/c1-18(2,3)24-17(22)21-10-6-7-13(8-11-21)20-15-14-9-12-23-16(14)19(15,4)5/h13-16,20H,6-12H2,1-5H3/t13-,14+,15+,16+/m1/s1. The topological polar surface area (TPSA) is 50.8 Å². The van der Waals surface area contributed by atoms with Gasteiger partial charge in [-0.05, 0) is 46.5 Å². The average Bonchev–Trinajstić information content (AvgIpc) is 2.79. The molecule has 5 nitrogen and oxygen atoms in total. The molecule has 0 bridgehead atoms. The maximum absolute atomic E-state index is 12.3. The van der Waals surface area contributed by atoms with Crippen LogP contribution < -0.4 is 5.32 Å². The third-order valence-electron chi connectivity index (χ3n) is 5.90. The first-order valence-corrected chi connectivity index (χ1v) is 9.54. The number of fused-ring (bicyclic) bond motifs is 1. The van der Waals surface area contributed by atoms with E-state index < -0.39 is 5.60 Å². The summed E-state index contributed by atoms with van der Waals surface area (Å²) in [6, 6.07) is 1.03. The molecule has 0 aromatic rings. The van der Waals surface area contributed by atoms with Crippen LogP contribution in [0.2, 0.25) is 0 Å². The lowest BCUT2D eigenvalue weighted by Gasteiger charge is -2.56. The maximum Gasteiger partial charge on any atom is 0.410 e. The quantitative estimate of drug-likeness (QED) is 0.840. The van der Waals surface area contributed by atoms with E-state index in [1.165, 1.54) is 6.42 Å².